The summed E-state index contributed by atoms with van der Waals surface area (Å²) >= 11 is 12.0. The van der Waals surface area contributed by atoms with Crippen molar-refractivity contribution in [3.05, 3.63) is 64.1 Å². The highest BCUT2D eigenvalue weighted by atomic mass is 35.5. The van der Waals surface area contributed by atoms with Crippen molar-refractivity contribution in [2.45, 2.75) is 18.9 Å². The molecule has 7 heteroatoms. The minimum Gasteiger partial charge on any atom is -0.469 e. The van der Waals surface area contributed by atoms with Gasteiger partial charge in [0.25, 0.3) is 0 Å². The van der Waals surface area contributed by atoms with E-state index in [4.69, 9.17) is 23.2 Å². The van der Waals surface area contributed by atoms with Crippen LogP contribution in [0.4, 0.5) is 5.69 Å². The Morgan fingerprint density at radius 3 is 2.35 bits per heavy atom. The number of hydrogen-bond donors (Lipinski definition) is 2. The molecule has 0 spiro atoms. The fraction of sp³-hybridized carbons (Fsp3) is 0.263. The topological polar surface area (TPSA) is 67.4 Å². The Labute approximate surface area is 162 Å². The first-order valence-electron chi connectivity index (χ1n) is 8.11. The van der Waals surface area contributed by atoms with Gasteiger partial charge in [-0.3, -0.25) is 9.59 Å². The molecule has 0 fully saturated rings. The Morgan fingerprint density at radius 1 is 1.08 bits per heavy atom. The third-order valence-corrected chi connectivity index (χ3v) is 4.10. The molecule has 0 aliphatic heterocycles. The first kappa shape index (κ1) is 20.2. The van der Waals surface area contributed by atoms with E-state index in [1.54, 1.807) is 18.2 Å². The average Bonchev–Trinajstić information content (AvgIpc) is 2.61. The summed E-state index contributed by atoms with van der Waals surface area (Å²) in [6.45, 7) is 0.485. The number of halogens is 2. The second-order valence-electron chi connectivity index (χ2n) is 5.62. The van der Waals surface area contributed by atoms with Crippen LogP contribution in [0.3, 0.4) is 0 Å². The maximum atomic E-state index is 12.8. The number of ether oxygens (including phenoxy) is 1. The summed E-state index contributed by atoms with van der Waals surface area (Å²) in [5.41, 5.74) is 1.33. The molecule has 0 heterocycles. The molecule has 2 rings (SSSR count). The lowest BCUT2D eigenvalue weighted by Crippen LogP contribution is -2.33. The van der Waals surface area contributed by atoms with E-state index in [1.807, 2.05) is 30.3 Å². The highest BCUT2D eigenvalue weighted by Crippen LogP contribution is 2.24. The molecule has 5 nitrogen and oxygen atoms in total. The molecule has 2 aromatic rings. The summed E-state index contributed by atoms with van der Waals surface area (Å²) in [5, 5.41) is 6.88. The standard InChI is InChI=1S/C19H20Cl2N2O3/c1-26-17(24)8-5-9-22-18(13-6-3-2-4-7-13)19(25)23-16-11-14(20)10-15(21)12-16/h2-4,6-7,10-12,18,22H,5,8-9H2,1H3,(H,23,25)/t18-/m1/s1. The van der Waals surface area contributed by atoms with Gasteiger partial charge in [0.1, 0.15) is 6.04 Å². The molecule has 26 heavy (non-hydrogen) atoms. The van der Waals surface area contributed by atoms with E-state index in [0.717, 1.165) is 5.56 Å². The number of anilines is 1. The van der Waals surface area contributed by atoms with E-state index in [0.29, 0.717) is 28.7 Å². The lowest BCUT2D eigenvalue weighted by molar-refractivity contribution is -0.140. The fourth-order valence-electron chi connectivity index (χ4n) is 2.43. The first-order valence-corrected chi connectivity index (χ1v) is 8.87. The van der Waals surface area contributed by atoms with Crippen LogP contribution in [-0.4, -0.2) is 25.5 Å². The summed E-state index contributed by atoms with van der Waals surface area (Å²) in [5.74, 6) is -0.520. The van der Waals surface area contributed by atoms with Crippen molar-refractivity contribution in [3.8, 4) is 0 Å². The maximum absolute atomic E-state index is 12.8. The minimum atomic E-state index is -0.577. The van der Waals surface area contributed by atoms with Gasteiger partial charge in [-0.2, -0.15) is 0 Å². The van der Waals surface area contributed by atoms with Crippen molar-refractivity contribution in [2.75, 3.05) is 19.0 Å². The fourth-order valence-corrected chi connectivity index (χ4v) is 2.96. The molecule has 2 aromatic carbocycles. The van der Waals surface area contributed by atoms with Gasteiger partial charge < -0.3 is 15.4 Å². The van der Waals surface area contributed by atoms with Gasteiger partial charge in [-0.25, -0.2) is 0 Å². The molecule has 0 unspecified atom stereocenters. The summed E-state index contributed by atoms with van der Waals surface area (Å²) < 4.78 is 4.62. The van der Waals surface area contributed by atoms with Crippen LogP contribution in [0.5, 0.6) is 0 Å². The van der Waals surface area contributed by atoms with Gasteiger partial charge in [-0.05, 0) is 36.7 Å². The van der Waals surface area contributed by atoms with E-state index in [9.17, 15) is 9.59 Å². The molecule has 0 aromatic heterocycles. The van der Waals surface area contributed by atoms with Gasteiger partial charge in [0.15, 0.2) is 0 Å². The maximum Gasteiger partial charge on any atom is 0.305 e. The minimum absolute atomic E-state index is 0.243. The normalized spacial score (nSPS) is 11.7. The average molecular weight is 395 g/mol. The van der Waals surface area contributed by atoms with Crippen LogP contribution in [0.15, 0.2) is 48.5 Å². The SMILES string of the molecule is COC(=O)CCCN[C@@H](C(=O)Nc1cc(Cl)cc(Cl)c1)c1ccccc1. The lowest BCUT2D eigenvalue weighted by Gasteiger charge is -2.19. The van der Waals surface area contributed by atoms with Crippen molar-refractivity contribution in [3.63, 3.8) is 0 Å². The third-order valence-electron chi connectivity index (χ3n) is 3.66. The van der Waals surface area contributed by atoms with Gasteiger partial charge in [0.05, 0.1) is 7.11 Å². The highest BCUT2D eigenvalue weighted by Gasteiger charge is 2.20. The first-order chi connectivity index (χ1) is 12.5. The zero-order valence-electron chi connectivity index (χ0n) is 14.3. The Kier molecular flexibility index (Phi) is 7.91. The van der Waals surface area contributed by atoms with Crippen LogP contribution in [0.25, 0.3) is 0 Å². The van der Waals surface area contributed by atoms with Crippen molar-refractivity contribution in [1.29, 1.82) is 0 Å². The number of benzene rings is 2. The van der Waals surface area contributed by atoms with Gasteiger partial charge in [0, 0.05) is 22.2 Å². The smallest absolute Gasteiger partial charge is 0.305 e. The van der Waals surface area contributed by atoms with Crippen molar-refractivity contribution >= 4 is 40.8 Å². The van der Waals surface area contributed by atoms with Gasteiger partial charge in [0.2, 0.25) is 5.91 Å². The molecule has 0 aliphatic carbocycles. The molecule has 2 N–H and O–H groups in total. The van der Waals surface area contributed by atoms with Crippen LogP contribution in [0.2, 0.25) is 10.0 Å². The van der Waals surface area contributed by atoms with Crippen LogP contribution in [0, 0.1) is 0 Å². The predicted molar refractivity (Wildman–Crippen MR) is 104 cm³/mol. The predicted octanol–water partition coefficient (Wildman–Crippen LogP) is 4.22. The van der Waals surface area contributed by atoms with Crippen LogP contribution in [-0.2, 0) is 14.3 Å². The summed E-state index contributed by atoms with van der Waals surface area (Å²) in [4.78, 5) is 24.0. The zero-order valence-corrected chi connectivity index (χ0v) is 15.8. The number of rotatable bonds is 8. The lowest BCUT2D eigenvalue weighted by atomic mass is 10.1. The molecule has 0 saturated carbocycles. The summed E-state index contributed by atoms with van der Waals surface area (Å²) in [7, 11) is 1.35. The largest absolute Gasteiger partial charge is 0.469 e. The number of hydrogen-bond acceptors (Lipinski definition) is 4. The summed E-state index contributed by atoms with van der Waals surface area (Å²) in [6.07, 6.45) is 0.850. The Hall–Kier alpha value is -2.08. The molecule has 1 amide bonds. The molecule has 0 aliphatic rings. The Balaban J connectivity index is 2.07. The van der Waals surface area contributed by atoms with Gasteiger partial charge in [-0.15, -0.1) is 0 Å². The van der Waals surface area contributed by atoms with Gasteiger partial charge >= 0.3 is 5.97 Å². The quantitative estimate of drug-likeness (QED) is 0.519. The monoisotopic (exact) mass is 394 g/mol. The molecule has 138 valence electrons. The molecule has 0 bridgehead atoms. The van der Waals surface area contributed by atoms with E-state index >= 15 is 0 Å². The van der Waals surface area contributed by atoms with Crippen LogP contribution >= 0.6 is 23.2 Å². The van der Waals surface area contributed by atoms with Gasteiger partial charge in [-0.1, -0.05) is 53.5 Å². The van der Waals surface area contributed by atoms with E-state index in [-0.39, 0.29) is 18.3 Å². The second kappa shape index (κ2) is 10.2. The number of nitrogens with one attached hydrogen (secondary N) is 2. The van der Waals surface area contributed by atoms with Crippen LogP contribution in [0.1, 0.15) is 24.4 Å². The molecule has 1 atom stereocenters. The zero-order chi connectivity index (χ0) is 18.9. The molecule has 0 radical (unpaired) electrons. The van der Waals surface area contributed by atoms with Crippen LogP contribution < -0.4 is 10.6 Å². The van der Waals surface area contributed by atoms with E-state index in [2.05, 4.69) is 15.4 Å². The number of carbonyl (C=O) groups excluding carboxylic acids is 2. The highest BCUT2D eigenvalue weighted by molar-refractivity contribution is 6.35. The third kappa shape index (κ3) is 6.33. The van der Waals surface area contributed by atoms with E-state index in [1.165, 1.54) is 7.11 Å². The van der Waals surface area contributed by atoms with Crippen molar-refractivity contribution < 1.29 is 14.3 Å². The number of carbonyl (C=O) groups is 2. The number of amides is 1. The van der Waals surface area contributed by atoms with Crippen molar-refractivity contribution in [1.82, 2.24) is 5.32 Å². The Morgan fingerprint density at radius 2 is 1.73 bits per heavy atom. The molecular formula is C19H20Cl2N2O3. The molecule has 0 saturated heterocycles. The number of esters is 1. The van der Waals surface area contributed by atoms with E-state index < -0.39 is 6.04 Å². The second-order valence-corrected chi connectivity index (χ2v) is 6.50. The Bertz CT molecular complexity index is 733. The van der Waals surface area contributed by atoms with Crippen molar-refractivity contribution in [2.24, 2.45) is 0 Å². The summed E-state index contributed by atoms with van der Waals surface area (Å²) in [6, 6.07) is 13.6. The number of methoxy groups -OCH3 is 1. The molecular weight excluding hydrogens is 375 g/mol.